The van der Waals surface area contributed by atoms with Crippen molar-refractivity contribution in [3.63, 3.8) is 0 Å². The third-order valence-electron chi connectivity index (χ3n) is 3.06. The fraction of sp³-hybridized carbons (Fsp3) is 0.250. The van der Waals surface area contributed by atoms with Gasteiger partial charge in [-0.25, -0.2) is 0 Å². The van der Waals surface area contributed by atoms with Gasteiger partial charge >= 0.3 is 0 Å². The Kier molecular flexibility index (Phi) is 1.78. The summed E-state index contributed by atoms with van der Waals surface area (Å²) in [6.07, 6.45) is 1.87. The van der Waals surface area contributed by atoms with Gasteiger partial charge in [0.15, 0.2) is 0 Å². The Hall–Kier alpha value is -1.77. The maximum Gasteiger partial charge on any atom is 0.210 e. The first-order chi connectivity index (χ1) is 7.38. The first-order valence-electron chi connectivity index (χ1n) is 5.16. The van der Waals surface area contributed by atoms with E-state index in [9.17, 15) is 4.79 Å². The first kappa shape index (κ1) is 8.53. The topological polar surface area (TPSA) is 36.1 Å². The normalized spacial score (nSPS) is 15.3. The molecule has 0 spiro atoms. The van der Waals surface area contributed by atoms with Crippen LogP contribution < -0.4 is 0 Å². The molecule has 1 aromatic heterocycles. The average molecular weight is 200 g/mol. The van der Waals surface area contributed by atoms with E-state index in [0.717, 1.165) is 25.9 Å². The molecule has 1 N–H and O–H groups in total. The van der Waals surface area contributed by atoms with Gasteiger partial charge in [0.05, 0.1) is 0 Å². The number of para-hydroxylation sites is 1. The van der Waals surface area contributed by atoms with Crippen LogP contribution in [0.15, 0.2) is 24.3 Å². The summed E-state index contributed by atoms with van der Waals surface area (Å²) < 4.78 is 0. The molecule has 2 aromatic rings. The highest BCUT2D eigenvalue weighted by atomic mass is 16.1. The van der Waals surface area contributed by atoms with Crippen LogP contribution in [0.25, 0.3) is 10.9 Å². The molecule has 2 heterocycles. The summed E-state index contributed by atoms with van der Waals surface area (Å²) in [6, 6.07) is 8.26. The summed E-state index contributed by atoms with van der Waals surface area (Å²) in [6.45, 7) is 1.56. The molecule has 0 saturated heterocycles. The summed E-state index contributed by atoms with van der Waals surface area (Å²) in [5.41, 5.74) is 3.74. The molecule has 3 heteroatoms. The lowest BCUT2D eigenvalue weighted by Gasteiger charge is -2.22. The predicted molar refractivity (Wildman–Crippen MR) is 58.5 cm³/mol. The molecule has 0 bridgehead atoms. The Bertz CT molecular complexity index is 515. The minimum Gasteiger partial charge on any atom is -0.358 e. The van der Waals surface area contributed by atoms with E-state index < -0.39 is 0 Å². The van der Waals surface area contributed by atoms with Gasteiger partial charge in [-0.2, -0.15) is 0 Å². The van der Waals surface area contributed by atoms with Crippen molar-refractivity contribution in [2.45, 2.75) is 13.0 Å². The van der Waals surface area contributed by atoms with Gasteiger partial charge in [-0.1, -0.05) is 18.2 Å². The molecular formula is C12H12N2O. The number of amides is 1. The molecule has 0 radical (unpaired) electrons. The van der Waals surface area contributed by atoms with Crippen LogP contribution in [-0.4, -0.2) is 22.8 Å². The zero-order chi connectivity index (χ0) is 10.3. The van der Waals surface area contributed by atoms with Crippen LogP contribution >= 0.6 is 0 Å². The van der Waals surface area contributed by atoms with Gasteiger partial charge in [0.1, 0.15) is 0 Å². The number of benzene rings is 1. The number of aromatic nitrogens is 1. The summed E-state index contributed by atoms with van der Waals surface area (Å²) in [4.78, 5) is 16.0. The van der Waals surface area contributed by atoms with Crippen LogP contribution in [0.2, 0.25) is 0 Å². The highest BCUT2D eigenvalue weighted by Gasteiger charge is 2.18. The van der Waals surface area contributed by atoms with E-state index in [2.05, 4.69) is 17.1 Å². The van der Waals surface area contributed by atoms with Crippen molar-refractivity contribution in [1.82, 2.24) is 9.88 Å². The molecule has 0 fully saturated rings. The summed E-state index contributed by atoms with van der Waals surface area (Å²) in [5.74, 6) is 0. The SMILES string of the molecule is O=CN1CCc2[nH]c3ccccc3c2C1. The van der Waals surface area contributed by atoms with Crippen molar-refractivity contribution in [2.75, 3.05) is 6.54 Å². The van der Waals surface area contributed by atoms with E-state index in [-0.39, 0.29) is 0 Å². The van der Waals surface area contributed by atoms with E-state index in [1.165, 1.54) is 22.2 Å². The summed E-state index contributed by atoms with van der Waals surface area (Å²) >= 11 is 0. The molecule has 0 atom stereocenters. The van der Waals surface area contributed by atoms with Crippen molar-refractivity contribution in [3.8, 4) is 0 Å². The van der Waals surface area contributed by atoms with Crippen LogP contribution in [0.4, 0.5) is 0 Å². The quantitative estimate of drug-likeness (QED) is 0.698. The van der Waals surface area contributed by atoms with Gasteiger partial charge in [-0.15, -0.1) is 0 Å². The average Bonchev–Trinajstić information content (AvgIpc) is 2.66. The third-order valence-corrected chi connectivity index (χ3v) is 3.06. The van der Waals surface area contributed by atoms with Gasteiger partial charge in [0.25, 0.3) is 0 Å². The maximum absolute atomic E-state index is 10.7. The summed E-state index contributed by atoms with van der Waals surface area (Å²) in [7, 11) is 0. The van der Waals surface area contributed by atoms with Gasteiger partial charge in [0, 0.05) is 41.7 Å². The molecule has 0 aliphatic carbocycles. The van der Waals surface area contributed by atoms with Crippen LogP contribution in [0.1, 0.15) is 11.3 Å². The van der Waals surface area contributed by atoms with Gasteiger partial charge in [0.2, 0.25) is 6.41 Å². The zero-order valence-electron chi connectivity index (χ0n) is 8.36. The number of fused-ring (bicyclic) bond motifs is 3. The number of aromatic amines is 1. The maximum atomic E-state index is 10.7. The fourth-order valence-electron chi connectivity index (χ4n) is 2.28. The molecule has 76 valence electrons. The summed E-state index contributed by atoms with van der Waals surface area (Å²) in [5, 5.41) is 1.25. The Labute approximate surface area is 87.7 Å². The van der Waals surface area contributed by atoms with Crippen LogP contribution in [0.3, 0.4) is 0 Å². The molecule has 3 nitrogen and oxygen atoms in total. The first-order valence-corrected chi connectivity index (χ1v) is 5.16. The molecule has 1 aliphatic rings. The number of hydrogen-bond donors (Lipinski definition) is 1. The van der Waals surface area contributed by atoms with E-state index in [1.807, 2.05) is 17.0 Å². The second-order valence-electron chi connectivity index (χ2n) is 3.95. The second kappa shape index (κ2) is 3.12. The highest BCUT2D eigenvalue weighted by Crippen LogP contribution is 2.26. The molecule has 1 aliphatic heterocycles. The molecule has 1 aromatic carbocycles. The fourth-order valence-corrected chi connectivity index (χ4v) is 2.28. The molecule has 1 amide bonds. The van der Waals surface area contributed by atoms with Gasteiger partial charge in [-0.3, -0.25) is 4.79 Å². The smallest absolute Gasteiger partial charge is 0.210 e. The number of H-pyrrole nitrogens is 1. The Morgan fingerprint density at radius 3 is 3.07 bits per heavy atom. The van der Waals surface area contributed by atoms with Gasteiger partial charge < -0.3 is 9.88 Å². The Morgan fingerprint density at radius 2 is 2.20 bits per heavy atom. The minimum atomic E-state index is 0.739. The van der Waals surface area contributed by atoms with Gasteiger partial charge in [-0.05, 0) is 6.07 Å². The lowest BCUT2D eigenvalue weighted by atomic mass is 10.1. The van der Waals surface area contributed by atoms with Crippen LogP contribution in [0.5, 0.6) is 0 Å². The lowest BCUT2D eigenvalue weighted by molar-refractivity contribution is -0.118. The number of nitrogens with zero attached hydrogens (tertiary/aromatic N) is 1. The number of nitrogens with one attached hydrogen (secondary N) is 1. The minimum absolute atomic E-state index is 0.739. The van der Waals surface area contributed by atoms with Crippen molar-refractivity contribution in [2.24, 2.45) is 0 Å². The molecular weight excluding hydrogens is 188 g/mol. The number of carbonyl (C=O) groups excluding carboxylic acids is 1. The number of rotatable bonds is 1. The van der Waals surface area contributed by atoms with E-state index in [0.29, 0.717) is 0 Å². The standard InChI is InChI=1S/C12H12N2O/c15-8-14-6-5-12-10(7-14)9-3-1-2-4-11(9)13-12/h1-4,8,13H,5-7H2. The monoisotopic (exact) mass is 200 g/mol. The molecule has 0 saturated carbocycles. The van der Waals surface area contributed by atoms with E-state index in [1.54, 1.807) is 0 Å². The lowest BCUT2D eigenvalue weighted by Crippen LogP contribution is -2.28. The molecule has 3 rings (SSSR count). The van der Waals surface area contributed by atoms with E-state index in [4.69, 9.17) is 0 Å². The number of hydrogen-bond acceptors (Lipinski definition) is 1. The van der Waals surface area contributed by atoms with E-state index >= 15 is 0 Å². The Balaban J connectivity index is 2.18. The van der Waals surface area contributed by atoms with Crippen LogP contribution in [-0.2, 0) is 17.8 Å². The zero-order valence-corrected chi connectivity index (χ0v) is 8.36. The Morgan fingerprint density at radius 1 is 1.33 bits per heavy atom. The number of carbonyl (C=O) groups is 1. The van der Waals surface area contributed by atoms with Crippen molar-refractivity contribution < 1.29 is 4.79 Å². The third kappa shape index (κ3) is 1.23. The highest BCUT2D eigenvalue weighted by molar-refractivity contribution is 5.85. The van der Waals surface area contributed by atoms with Crippen molar-refractivity contribution >= 4 is 17.3 Å². The van der Waals surface area contributed by atoms with Crippen LogP contribution in [0, 0.1) is 0 Å². The van der Waals surface area contributed by atoms with Crippen molar-refractivity contribution in [3.05, 3.63) is 35.5 Å². The predicted octanol–water partition coefficient (Wildman–Crippen LogP) is 1.68. The van der Waals surface area contributed by atoms with Crippen molar-refractivity contribution in [1.29, 1.82) is 0 Å². The largest absolute Gasteiger partial charge is 0.358 e. The second-order valence-corrected chi connectivity index (χ2v) is 3.95. The molecule has 15 heavy (non-hydrogen) atoms. The molecule has 0 unspecified atom stereocenters.